The first-order valence-electron chi connectivity index (χ1n) is 11.1. The monoisotopic (exact) mass is 466 g/mol. The fourth-order valence-electron chi connectivity index (χ4n) is 3.55. The van der Waals surface area contributed by atoms with Gasteiger partial charge in [0.05, 0.1) is 31.5 Å². The zero-order valence-corrected chi connectivity index (χ0v) is 19.8. The van der Waals surface area contributed by atoms with E-state index < -0.39 is 11.9 Å². The van der Waals surface area contributed by atoms with Crippen molar-refractivity contribution < 1.29 is 23.8 Å². The Hall–Kier alpha value is -3.88. The number of carbonyl (C=O) groups excluding carboxylic acids is 1. The summed E-state index contributed by atoms with van der Waals surface area (Å²) in [5.74, 6) is 1.12. The van der Waals surface area contributed by atoms with Gasteiger partial charge in [0.2, 0.25) is 5.88 Å². The number of nitrogens with zero attached hydrogens (tertiary/aromatic N) is 2. The number of furan rings is 1. The molecule has 0 aliphatic carbocycles. The van der Waals surface area contributed by atoms with Gasteiger partial charge in [0.1, 0.15) is 17.2 Å². The van der Waals surface area contributed by atoms with Gasteiger partial charge in [-0.2, -0.15) is 0 Å². The number of carbonyl (C=O) groups is 2. The molecule has 3 aromatic rings. The Bertz CT molecular complexity index is 1110. The van der Waals surface area contributed by atoms with Crippen LogP contribution in [0.5, 0.6) is 5.88 Å². The minimum absolute atomic E-state index is 0.0271. The van der Waals surface area contributed by atoms with Crippen LogP contribution >= 0.6 is 0 Å². The highest BCUT2D eigenvalue weighted by atomic mass is 16.5. The summed E-state index contributed by atoms with van der Waals surface area (Å²) in [5.41, 5.74) is 2.89. The molecule has 0 fully saturated rings. The number of hydrogen-bond acceptors (Lipinski definition) is 7. The third-order valence-corrected chi connectivity index (χ3v) is 5.23. The Balaban J connectivity index is 1.75. The molecular weight excluding hydrogens is 436 g/mol. The molecule has 3 aromatic heterocycles. The Labute approximate surface area is 198 Å². The van der Waals surface area contributed by atoms with Gasteiger partial charge in [0.15, 0.2) is 0 Å². The number of carboxylic acids is 1. The van der Waals surface area contributed by atoms with Crippen LogP contribution in [0.3, 0.4) is 0 Å². The van der Waals surface area contributed by atoms with E-state index in [1.54, 1.807) is 37.7 Å². The van der Waals surface area contributed by atoms with Crippen LogP contribution in [-0.2, 0) is 4.79 Å². The zero-order valence-electron chi connectivity index (χ0n) is 19.8. The van der Waals surface area contributed by atoms with E-state index in [2.05, 4.69) is 34.4 Å². The summed E-state index contributed by atoms with van der Waals surface area (Å²) in [6.07, 6.45) is 4.04. The average molecular weight is 467 g/mol. The minimum atomic E-state index is -0.968. The number of aliphatic carboxylic acids is 1. The molecule has 0 radical (unpaired) electrons. The highest BCUT2D eigenvalue weighted by Gasteiger charge is 2.21. The smallest absolute Gasteiger partial charge is 0.305 e. The molecule has 0 aliphatic heterocycles. The molecule has 9 nitrogen and oxygen atoms in total. The highest BCUT2D eigenvalue weighted by Crippen LogP contribution is 2.34. The lowest BCUT2D eigenvalue weighted by molar-refractivity contribution is -0.136. The Morgan fingerprint density at radius 3 is 2.53 bits per heavy atom. The molecule has 1 amide bonds. The number of methoxy groups -OCH3 is 1. The number of anilines is 1. The Morgan fingerprint density at radius 1 is 1.15 bits per heavy atom. The van der Waals surface area contributed by atoms with Gasteiger partial charge in [-0.1, -0.05) is 13.8 Å². The summed E-state index contributed by atoms with van der Waals surface area (Å²) in [6, 6.07) is 9.10. The summed E-state index contributed by atoms with van der Waals surface area (Å²) in [6.45, 7) is 6.30. The first kappa shape index (κ1) is 24.8. The van der Waals surface area contributed by atoms with Crippen LogP contribution < -0.4 is 15.4 Å². The van der Waals surface area contributed by atoms with Gasteiger partial charge in [0, 0.05) is 29.9 Å². The van der Waals surface area contributed by atoms with Crippen molar-refractivity contribution in [1.29, 1.82) is 0 Å². The molecule has 9 heteroatoms. The number of nitrogens with one attached hydrogen (secondary N) is 2. The van der Waals surface area contributed by atoms with Crippen molar-refractivity contribution in [3.8, 4) is 17.2 Å². The van der Waals surface area contributed by atoms with Crippen molar-refractivity contribution in [2.24, 2.45) is 5.92 Å². The van der Waals surface area contributed by atoms with Crippen molar-refractivity contribution in [3.05, 3.63) is 59.7 Å². The maximum atomic E-state index is 12.1. The van der Waals surface area contributed by atoms with E-state index in [1.807, 2.05) is 19.1 Å². The molecule has 3 rings (SSSR count). The number of pyridine rings is 2. The number of rotatable bonds is 11. The van der Waals surface area contributed by atoms with Gasteiger partial charge in [-0.25, -0.2) is 9.97 Å². The topological polar surface area (TPSA) is 127 Å². The van der Waals surface area contributed by atoms with Gasteiger partial charge in [-0.05, 0) is 43.5 Å². The molecule has 3 heterocycles. The van der Waals surface area contributed by atoms with Crippen LogP contribution in [0.4, 0.5) is 5.69 Å². The second-order valence-corrected chi connectivity index (χ2v) is 8.37. The van der Waals surface area contributed by atoms with Crippen LogP contribution in [0, 0.1) is 12.8 Å². The molecular formula is C25H30N4O5. The summed E-state index contributed by atoms with van der Waals surface area (Å²) >= 11 is 0. The SMILES string of the molecule is COc1ccc(-c2cc(C(CC(C)C)Nc3ccc(C(=O)NCCC(=O)O)nc3)c(C)o2)cn1. The molecule has 0 bridgehead atoms. The van der Waals surface area contributed by atoms with E-state index in [1.165, 1.54) is 0 Å². The van der Waals surface area contributed by atoms with Gasteiger partial charge in [0.25, 0.3) is 5.91 Å². The van der Waals surface area contributed by atoms with Crippen LogP contribution in [0.1, 0.15) is 54.5 Å². The van der Waals surface area contributed by atoms with E-state index in [-0.39, 0.29) is 24.7 Å². The van der Waals surface area contributed by atoms with Gasteiger partial charge in [-0.15, -0.1) is 0 Å². The molecule has 3 N–H and O–H groups in total. The van der Waals surface area contributed by atoms with E-state index >= 15 is 0 Å². The summed E-state index contributed by atoms with van der Waals surface area (Å²) in [5, 5.41) is 14.7. The number of aromatic nitrogens is 2. The number of carboxylic acid groups (broad SMARTS) is 1. The molecule has 180 valence electrons. The number of hydrogen-bond donors (Lipinski definition) is 3. The molecule has 0 spiro atoms. The first-order chi connectivity index (χ1) is 16.3. The largest absolute Gasteiger partial charge is 0.481 e. The maximum absolute atomic E-state index is 12.1. The van der Waals surface area contributed by atoms with Crippen molar-refractivity contribution >= 4 is 17.6 Å². The predicted octanol–water partition coefficient (Wildman–Crippen LogP) is 4.46. The fraction of sp³-hybridized carbons (Fsp3) is 0.360. The van der Waals surface area contributed by atoms with Gasteiger partial charge in [-0.3, -0.25) is 9.59 Å². The van der Waals surface area contributed by atoms with Crippen molar-refractivity contribution in [2.75, 3.05) is 19.0 Å². The minimum Gasteiger partial charge on any atom is -0.481 e. The van der Waals surface area contributed by atoms with Crippen LogP contribution in [-0.4, -0.2) is 40.6 Å². The third-order valence-electron chi connectivity index (χ3n) is 5.23. The first-order valence-corrected chi connectivity index (χ1v) is 11.1. The normalized spacial score (nSPS) is 11.8. The molecule has 0 saturated carbocycles. The average Bonchev–Trinajstić information content (AvgIpc) is 3.20. The van der Waals surface area contributed by atoms with E-state index in [9.17, 15) is 9.59 Å². The third kappa shape index (κ3) is 6.57. The van der Waals surface area contributed by atoms with Crippen LogP contribution in [0.2, 0.25) is 0 Å². The van der Waals surface area contributed by atoms with E-state index in [0.29, 0.717) is 11.8 Å². The summed E-state index contributed by atoms with van der Waals surface area (Å²) in [4.78, 5) is 31.2. The molecule has 0 saturated heterocycles. The standard InChI is InChI=1S/C25H30N4O5/c1-15(2)11-21(19-12-22(34-16(19)3)17-5-8-23(33-4)28-13-17)29-18-6-7-20(27-14-18)25(32)26-10-9-24(30)31/h5-8,12-15,21,29H,9-11H2,1-4H3,(H,26,32)(H,30,31). The zero-order chi connectivity index (χ0) is 24.7. The second-order valence-electron chi connectivity index (χ2n) is 8.37. The lowest BCUT2D eigenvalue weighted by atomic mass is 9.96. The molecule has 1 atom stereocenters. The van der Waals surface area contributed by atoms with E-state index in [4.69, 9.17) is 14.3 Å². The van der Waals surface area contributed by atoms with Crippen molar-refractivity contribution in [1.82, 2.24) is 15.3 Å². The Morgan fingerprint density at radius 2 is 1.94 bits per heavy atom. The lowest BCUT2D eigenvalue weighted by Gasteiger charge is -2.21. The quantitative estimate of drug-likeness (QED) is 0.378. The molecule has 34 heavy (non-hydrogen) atoms. The lowest BCUT2D eigenvalue weighted by Crippen LogP contribution is -2.26. The van der Waals surface area contributed by atoms with Crippen molar-refractivity contribution in [3.63, 3.8) is 0 Å². The molecule has 1 unspecified atom stereocenters. The van der Waals surface area contributed by atoms with Crippen LogP contribution in [0.15, 0.2) is 47.1 Å². The second kappa shape index (κ2) is 11.3. The highest BCUT2D eigenvalue weighted by molar-refractivity contribution is 5.92. The van der Waals surface area contributed by atoms with Gasteiger partial charge < -0.3 is 24.9 Å². The van der Waals surface area contributed by atoms with E-state index in [0.717, 1.165) is 34.8 Å². The number of ether oxygens (including phenoxy) is 1. The summed E-state index contributed by atoms with van der Waals surface area (Å²) < 4.78 is 11.2. The number of amides is 1. The predicted molar refractivity (Wildman–Crippen MR) is 128 cm³/mol. The molecule has 0 aliphatic rings. The summed E-state index contributed by atoms with van der Waals surface area (Å²) in [7, 11) is 1.58. The van der Waals surface area contributed by atoms with Crippen molar-refractivity contribution in [2.45, 2.75) is 39.7 Å². The maximum Gasteiger partial charge on any atom is 0.305 e. The van der Waals surface area contributed by atoms with Gasteiger partial charge >= 0.3 is 5.97 Å². The van der Waals surface area contributed by atoms with Crippen LogP contribution in [0.25, 0.3) is 11.3 Å². The molecule has 0 aromatic carbocycles. The number of aryl methyl sites for hydroxylation is 1. The Kier molecular flexibility index (Phi) is 8.24. The fourth-order valence-corrected chi connectivity index (χ4v) is 3.55.